The molecular weight excluding hydrogens is 348 g/mol. The molecule has 1 aromatic rings. The fourth-order valence-corrected chi connectivity index (χ4v) is 4.00. The van der Waals surface area contributed by atoms with E-state index >= 15 is 0 Å². The van der Waals surface area contributed by atoms with Crippen molar-refractivity contribution in [1.82, 2.24) is 9.97 Å². The summed E-state index contributed by atoms with van der Waals surface area (Å²) in [5.41, 5.74) is 0.757. The highest BCUT2D eigenvalue weighted by Crippen LogP contribution is 2.39. The molecule has 1 saturated carbocycles. The standard InChI is InChI=1S/C16H25BrN2OS/c1-15(2,3)12-11(17)13(21)19-14(18-12)16(20-4)9-7-5-6-8-10-16/h5-10H2,1-4H3,(H,18,19,21). The summed E-state index contributed by atoms with van der Waals surface area (Å²) in [6, 6.07) is 0. The summed E-state index contributed by atoms with van der Waals surface area (Å²) in [5.74, 6) is 0.894. The van der Waals surface area contributed by atoms with Gasteiger partial charge in [-0.25, -0.2) is 4.98 Å². The Hall–Kier alpha value is -0.260. The molecule has 0 aromatic carbocycles. The van der Waals surface area contributed by atoms with E-state index in [1.165, 1.54) is 25.7 Å². The molecule has 5 heteroatoms. The third-order valence-corrected chi connectivity index (χ3v) is 5.68. The monoisotopic (exact) mass is 372 g/mol. The van der Waals surface area contributed by atoms with E-state index in [1.807, 2.05) is 0 Å². The maximum atomic E-state index is 5.95. The van der Waals surface area contributed by atoms with E-state index in [0.29, 0.717) is 4.64 Å². The summed E-state index contributed by atoms with van der Waals surface area (Å²) >= 11 is 9.05. The molecule has 1 aliphatic rings. The number of H-pyrrole nitrogens is 1. The van der Waals surface area contributed by atoms with Crippen molar-refractivity contribution in [3.63, 3.8) is 0 Å². The number of rotatable bonds is 2. The molecule has 1 aliphatic carbocycles. The number of aromatic nitrogens is 2. The summed E-state index contributed by atoms with van der Waals surface area (Å²) < 4.78 is 7.47. The first-order valence-corrected chi connectivity index (χ1v) is 8.86. The van der Waals surface area contributed by atoms with Crippen molar-refractivity contribution in [2.45, 2.75) is 70.3 Å². The van der Waals surface area contributed by atoms with Crippen LogP contribution in [0, 0.1) is 4.64 Å². The Kier molecular flexibility index (Phi) is 5.27. The molecule has 118 valence electrons. The van der Waals surface area contributed by atoms with Gasteiger partial charge in [0, 0.05) is 18.2 Å². The highest BCUT2D eigenvalue weighted by molar-refractivity contribution is 9.10. The number of halogens is 1. The van der Waals surface area contributed by atoms with Gasteiger partial charge in [0.2, 0.25) is 0 Å². The lowest BCUT2D eigenvalue weighted by Crippen LogP contribution is -2.32. The fourth-order valence-electron chi connectivity index (χ4n) is 3.03. The maximum Gasteiger partial charge on any atom is 0.144 e. The molecule has 21 heavy (non-hydrogen) atoms. The van der Waals surface area contributed by atoms with Crippen LogP contribution in [-0.2, 0) is 15.8 Å². The van der Waals surface area contributed by atoms with Gasteiger partial charge in [-0.05, 0) is 28.8 Å². The third kappa shape index (κ3) is 3.57. The summed E-state index contributed by atoms with van der Waals surface area (Å²) in [4.78, 5) is 8.18. The summed E-state index contributed by atoms with van der Waals surface area (Å²) in [5, 5.41) is 0. The van der Waals surface area contributed by atoms with Crippen LogP contribution >= 0.6 is 28.1 Å². The molecule has 1 fully saturated rings. The molecule has 2 rings (SSSR count). The number of nitrogens with zero attached hydrogens (tertiary/aromatic N) is 1. The molecule has 0 spiro atoms. The van der Waals surface area contributed by atoms with Gasteiger partial charge < -0.3 is 9.72 Å². The van der Waals surface area contributed by atoms with Crippen molar-refractivity contribution in [2.75, 3.05) is 7.11 Å². The molecule has 0 unspecified atom stereocenters. The van der Waals surface area contributed by atoms with Gasteiger partial charge in [-0.1, -0.05) is 58.7 Å². The van der Waals surface area contributed by atoms with Gasteiger partial charge in [-0.15, -0.1) is 0 Å². The zero-order chi connectivity index (χ0) is 15.7. The van der Waals surface area contributed by atoms with Crippen LogP contribution in [0.5, 0.6) is 0 Å². The van der Waals surface area contributed by atoms with Crippen molar-refractivity contribution in [3.8, 4) is 0 Å². The van der Waals surface area contributed by atoms with Crippen molar-refractivity contribution in [3.05, 3.63) is 20.6 Å². The largest absolute Gasteiger partial charge is 0.370 e. The van der Waals surface area contributed by atoms with E-state index in [0.717, 1.165) is 28.8 Å². The predicted molar refractivity (Wildman–Crippen MR) is 92.2 cm³/mol. The predicted octanol–water partition coefficient (Wildman–Crippen LogP) is 5.40. The second-order valence-corrected chi connectivity index (χ2v) is 8.12. The molecule has 0 bridgehead atoms. The van der Waals surface area contributed by atoms with E-state index in [9.17, 15) is 0 Å². The zero-order valence-corrected chi connectivity index (χ0v) is 15.8. The van der Waals surface area contributed by atoms with Gasteiger partial charge in [0.25, 0.3) is 0 Å². The molecule has 1 aromatic heterocycles. The third-order valence-electron chi connectivity index (χ3n) is 4.35. The van der Waals surface area contributed by atoms with Crippen LogP contribution in [0.15, 0.2) is 4.47 Å². The van der Waals surface area contributed by atoms with Crippen LogP contribution in [0.3, 0.4) is 0 Å². The number of hydrogen-bond donors (Lipinski definition) is 1. The molecule has 3 nitrogen and oxygen atoms in total. The molecule has 0 radical (unpaired) electrons. The van der Waals surface area contributed by atoms with E-state index in [1.54, 1.807) is 7.11 Å². The molecule has 0 amide bonds. The Labute approximate surface area is 141 Å². The Bertz CT molecular complexity index is 554. The zero-order valence-electron chi connectivity index (χ0n) is 13.4. The molecular formula is C16H25BrN2OS. The van der Waals surface area contributed by atoms with Gasteiger partial charge >= 0.3 is 0 Å². The molecule has 0 atom stereocenters. The maximum absolute atomic E-state index is 5.95. The van der Waals surface area contributed by atoms with Crippen LogP contribution in [0.1, 0.15) is 70.8 Å². The first-order chi connectivity index (χ1) is 9.80. The number of hydrogen-bond acceptors (Lipinski definition) is 3. The Balaban J connectivity index is 2.57. The minimum absolute atomic E-state index is 0.0241. The van der Waals surface area contributed by atoms with Crippen LogP contribution in [0.2, 0.25) is 0 Å². The molecule has 0 saturated heterocycles. The molecule has 1 N–H and O–H groups in total. The minimum Gasteiger partial charge on any atom is -0.370 e. The average Bonchev–Trinajstić information content (AvgIpc) is 2.66. The molecule has 1 heterocycles. The topological polar surface area (TPSA) is 37.9 Å². The second kappa shape index (κ2) is 6.47. The first kappa shape index (κ1) is 17.1. The fraction of sp³-hybridized carbons (Fsp3) is 0.750. The average molecular weight is 373 g/mol. The van der Waals surface area contributed by atoms with E-state index in [2.05, 4.69) is 46.7 Å². The van der Waals surface area contributed by atoms with E-state index < -0.39 is 0 Å². The van der Waals surface area contributed by atoms with E-state index in [4.69, 9.17) is 17.0 Å². The Morgan fingerprint density at radius 3 is 2.24 bits per heavy atom. The normalized spacial score (nSPS) is 19.3. The quantitative estimate of drug-likeness (QED) is 0.558. The second-order valence-electron chi connectivity index (χ2n) is 6.94. The number of ether oxygens (including phenoxy) is 1. The van der Waals surface area contributed by atoms with Gasteiger partial charge in [-0.3, -0.25) is 0 Å². The van der Waals surface area contributed by atoms with Crippen molar-refractivity contribution < 1.29 is 4.74 Å². The minimum atomic E-state index is -0.315. The van der Waals surface area contributed by atoms with Gasteiger partial charge in [0.1, 0.15) is 16.1 Å². The smallest absolute Gasteiger partial charge is 0.144 e. The number of aromatic amines is 1. The van der Waals surface area contributed by atoms with E-state index in [-0.39, 0.29) is 11.0 Å². The van der Waals surface area contributed by atoms with Crippen molar-refractivity contribution in [1.29, 1.82) is 0 Å². The SMILES string of the molecule is COC1(c2nc(=S)c(Br)c(C(C)(C)C)[nH]2)CCCCCC1. The number of methoxy groups -OCH3 is 1. The van der Waals surface area contributed by atoms with Crippen LogP contribution < -0.4 is 0 Å². The van der Waals surface area contributed by atoms with Crippen molar-refractivity contribution in [2.24, 2.45) is 0 Å². The van der Waals surface area contributed by atoms with Crippen LogP contribution in [0.25, 0.3) is 0 Å². The molecule has 0 aliphatic heterocycles. The summed E-state index contributed by atoms with van der Waals surface area (Å²) in [7, 11) is 1.79. The van der Waals surface area contributed by atoms with Gasteiger partial charge in [0.05, 0.1) is 4.47 Å². The number of nitrogens with one attached hydrogen (secondary N) is 1. The first-order valence-electron chi connectivity index (χ1n) is 7.66. The summed E-state index contributed by atoms with van der Waals surface area (Å²) in [6.07, 6.45) is 6.91. The van der Waals surface area contributed by atoms with Crippen LogP contribution in [0.4, 0.5) is 0 Å². The lowest BCUT2D eigenvalue weighted by molar-refractivity contribution is -0.0355. The Morgan fingerprint density at radius 1 is 1.19 bits per heavy atom. The van der Waals surface area contributed by atoms with Gasteiger partial charge in [-0.2, -0.15) is 0 Å². The highest BCUT2D eigenvalue weighted by Gasteiger charge is 2.36. The van der Waals surface area contributed by atoms with Gasteiger partial charge in [0.15, 0.2) is 0 Å². The highest BCUT2D eigenvalue weighted by atomic mass is 79.9. The Morgan fingerprint density at radius 2 is 1.76 bits per heavy atom. The lowest BCUT2D eigenvalue weighted by Gasteiger charge is -2.32. The van der Waals surface area contributed by atoms with Crippen LogP contribution in [-0.4, -0.2) is 17.1 Å². The lowest BCUT2D eigenvalue weighted by atomic mass is 9.90. The van der Waals surface area contributed by atoms with Crippen molar-refractivity contribution >= 4 is 28.1 Å². The summed E-state index contributed by atoms with van der Waals surface area (Å²) in [6.45, 7) is 6.53.